The number of nitrogens with zero attached hydrogens (tertiary/aromatic N) is 2. The molecule has 0 saturated carbocycles. The Morgan fingerprint density at radius 1 is 1.27 bits per heavy atom. The molecule has 0 N–H and O–H groups in total. The van der Waals surface area contributed by atoms with E-state index in [0.717, 1.165) is 5.52 Å². The second-order valence-corrected chi connectivity index (χ2v) is 6.39. The van der Waals surface area contributed by atoms with Gasteiger partial charge in [0.15, 0.2) is 4.80 Å². The van der Waals surface area contributed by atoms with Gasteiger partial charge in [0, 0.05) is 12.6 Å². The number of carbonyl (C=O) groups is 1. The number of fused-ring (bicyclic) bond motifs is 1. The molecule has 0 aliphatic rings. The largest absolute Gasteiger partial charge is 0.497 e. The van der Waals surface area contributed by atoms with Gasteiger partial charge in [-0.1, -0.05) is 17.4 Å². The molecular weight excluding hydrogens is 355 g/mol. The third-order valence-electron chi connectivity index (χ3n) is 3.79. The summed E-state index contributed by atoms with van der Waals surface area (Å²) < 4.78 is 26.5. The number of aromatic nitrogens is 1. The first-order valence-electron chi connectivity index (χ1n) is 7.78. The maximum atomic E-state index is 13.5. The fraction of sp³-hybridized carbons (Fsp3) is 0.158. The van der Waals surface area contributed by atoms with Gasteiger partial charge in [0.05, 0.1) is 30.0 Å². The molecule has 134 valence electrons. The highest BCUT2D eigenvalue weighted by Crippen LogP contribution is 2.25. The number of allylic oxidation sites excluding steroid dienone is 1. The summed E-state index contributed by atoms with van der Waals surface area (Å²) in [5.41, 5.74) is 1.12. The third-order valence-corrected chi connectivity index (χ3v) is 4.83. The molecule has 2 aromatic carbocycles. The molecule has 7 heteroatoms. The first-order valence-corrected chi connectivity index (χ1v) is 8.60. The SMILES string of the molecule is C=CCn1c(=NC(=O)c2ccc(OC)cc2OC)sc2cc(F)ccc21. The van der Waals surface area contributed by atoms with E-state index in [1.165, 1.54) is 37.7 Å². The van der Waals surface area contributed by atoms with Crippen LogP contribution in [0.1, 0.15) is 10.4 Å². The molecule has 0 saturated heterocycles. The molecule has 0 radical (unpaired) electrons. The number of carbonyl (C=O) groups excluding carboxylic acids is 1. The lowest BCUT2D eigenvalue weighted by molar-refractivity contribution is 0.0995. The molecule has 0 bridgehead atoms. The Morgan fingerprint density at radius 3 is 2.77 bits per heavy atom. The van der Waals surface area contributed by atoms with Crippen LogP contribution in [0.25, 0.3) is 10.2 Å². The zero-order valence-corrected chi connectivity index (χ0v) is 15.2. The lowest BCUT2D eigenvalue weighted by Gasteiger charge is -2.07. The second kappa shape index (κ2) is 7.53. The van der Waals surface area contributed by atoms with Gasteiger partial charge < -0.3 is 14.0 Å². The maximum absolute atomic E-state index is 13.5. The number of benzene rings is 2. The minimum Gasteiger partial charge on any atom is -0.497 e. The van der Waals surface area contributed by atoms with E-state index in [2.05, 4.69) is 11.6 Å². The van der Waals surface area contributed by atoms with Gasteiger partial charge in [-0.15, -0.1) is 6.58 Å². The average Bonchev–Trinajstić information content (AvgIpc) is 2.97. The highest BCUT2D eigenvalue weighted by molar-refractivity contribution is 7.16. The van der Waals surface area contributed by atoms with Crippen LogP contribution in [-0.2, 0) is 6.54 Å². The number of rotatable bonds is 5. The van der Waals surface area contributed by atoms with Crippen LogP contribution < -0.4 is 14.3 Å². The molecule has 0 unspecified atom stereocenters. The van der Waals surface area contributed by atoms with E-state index in [1.54, 1.807) is 30.3 Å². The van der Waals surface area contributed by atoms with E-state index < -0.39 is 5.91 Å². The zero-order valence-electron chi connectivity index (χ0n) is 14.4. The van der Waals surface area contributed by atoms with E-state index in [4.69, 9.17) is 9.47 Å². The Labute approximate surface area is 153 Å². The van der Waals surface area contributed by atoms with Gasteiger partial charge >= 0.3 is 0 Å². The molecule has 0 atom stereocenters. The minimum absolute atomic E-state index is 0.321. The standard InChI is InChI=1S/C19H17FN2O3S/c1-4-9-22-15-8-5-12(20)10-17(15)26-19(22)21-18(23)14-7-6-13(24-2)11-16(14)25-3/h4-8,10-11H,1,9H2,2-3H3. The molecule has 3 rings (SSSR count). The second-order valence-electron chi connectivity index (χ2n) is 5.38. The van der Waals surface area contributed by atoms with E-state index in [0.29, 0.717) is 33.1 Å². The van der Waals surface area contributed by atoms with Crippen molar-refractivity contribution < 1.29 is 18.7 Å². The van der Waals surface area contributed by atoms with Crippen LogP contribution in [-0.4, -0.2) is 24.7 Å². The van der Waals surface area contributed by atoms with Crippen LogP contribution >= 0.6 is 11.3 Å². The van der Waals surface area contributed by atoms with Gasteiger partial charge in [-0.2, -0.15) is 4.99 Å². The number of amides is 1. The van der Waals surface area contributed by atoms with Gasteiger partial charge in [-0.05, 0) is 30.3 Å². The Kier molecular flexibility index (Phi) is 5.18. The highest BCUT2D eigenvalue weighted by atomic mass is 32.1. The van der Waals surface area contributed by atoms with E-state index >= 15 is 0 Å². The molecule has 3 aromatic rings. The van der Waals surface area contributed by atoms with E-state index in [1.807, 2.05) is 4.57 Å². The monoisotopic (exact) mass is 372 g/mol. The highest BCUT2D eigenvalue weighted by Gasteiger charge is 2.14. The van der Waals surface area contributed by atoms with Crippen molar-refractivity contribution in [1.29, 1.82) is 0 Å². The fourth-order valence-electron chi connectivity index (χ4n) is 2.56. The number of ether oxygens (including phenoxy) is 2. The fourth-order valence-corrected chi connectivity index (χ4v) is 3.62. The number of halogens is 1. The summed E-state index contributed by atoms with van der Waals surface area (Å²) in [6.45, 7) is 4.19. The first kappa shape index (κ1) is 17.9. The van der Waals surface area contributed by atoms with Gasteiger partial charge in [0.1, 0.15) is 17.3 Å². The average molecular weight is 372 g/mol. The minimum atomic E-state index is -0.450. The molecule has 0 aliphatic carbocycles. The summed E-state index contributed by atoms with van der Waals surface area (Å²) >= 11 is 1.24. The van der Waals surface area contributed by atoms with Gasteiger partial charge in [-0.3, -0.25) is 4.79 Å². The van der Waals surface area contributed by atoms with Gasteiger partial charge in [-0.25, -0.2) is 4.39 Å². The predicted molar refractivity (Wildman–Crippen MR) is 99.4 cm³/mol. The van der Waals surface area contributed by atoms with Gasteiger partial charge in [0.25, 0.3) is 5.91 Å². The number of thiazole rings is 1. The van der Waals surface area contributed by atoms with Crippen molar-refractivity contribution in [2.45, 2.75) is 6.54 Å². The molecule has 0 aliphatic heterocycles. The smallest absolute Gasteiger partial charge is 0.283 e. The molecular formula is C19H17FN2O3S. The van der Waals surface area contributed by atoms with Crippen molar-refractivity contribution >= 4 is 27.5 Å². The van der Waals surface area contributed by atoms with Crippen molar-refractivity contribution in [1.82, 2.24) is 4.57 Å². The summed E-state index contributed by atoms with van der Waals surface area (Å²) in [5.74, 6) is 0.173. The summed E-state index contributed by atoms with van der Waals surface area (Å²) in [7, 11) is 3.01. The van der Waals surface area contributed by atoms with Crippen LogP contribution in [0.3, 0.4) is 0 Å². The van der Waals surface area contributed by atoms with Crippen molar-refractivity contribution in [3.05, 3.63) is 65.2 Å². The number of hydrogen-bond donors (Lipinski definition) is 0. The Morgan fingerprint density at radius 2 is 2.08 bits per heavy atom. The summed E-state index contributed by atoms with van der Waals surface area (Å²) in [5, 5.41) is 0. The van der Waals surface area contributed by atoms with Crippen molar-refractivity contribution in [2.75, 3.05) is 14.2 Å². The molecule has 1 amide bonds. The first-order chi connectivity index (χ1) is 12.6. The van der Waals surface area contributed by atoms with Crippen LogP contribution in [0.4, 0.5) is 4.39 Å². The van der Waals surface area contributed by atoms with Crippen molar-refractivity contribution in [3.63, 3.8) is 0 Å². The molecule has 5 nitrogen and oxygen atoms in total. The lowest BCUT2D eigenvalue weighted by atomic mass is 10.2. The normalized spacial score (nSPS) is 11.6. The van der Waals surface area contributed by atoms with Crippen molar-refractivity contribution in [3.8, 4) is 11.5 Å². The summed E-state index contributed by atoms with van der Waals surface area (Å²) in [4.78, 5) is 17.4. The Balaban J connectivity index is 2.13. The van der Waals surface area contributed by atoms with Gasteiger partial charge in [0.2, 0.25) is 0 Å². The summed E-state index contributed by atoms with van der Waals surface area (Å²) in [6, 6.07) is 9.38. The maximum Gasteiger partial charge on any atom is 0.283 e. The molecule has 0 spiro atoms. The molecule has 1 heterocycles. The third kappa shape index (κ3) is 3.39. The Hall–Kier alpha value is -2.93. The van der Waals surface area contributed by atoms with E-state index in [9.17, 15) is 9.18 Å². The number of hydrogen-bond acceptors (Lipinski definition) is 4. The zero-order chi connectivity index (χ0) is 18.7. The van der Waals surface area contributed by atoms with E-state index in [-0.39, 0.29) is 5.82 Å². The lowest BCUT2D eigenvalue weighted by Crippen LogP contribution is -2.16. The summed E-state index contributed by atoms with van der Waals surface area (Å²) in [6.07, 6.45) is 1.70. The molecule has 0 fully saturated rings. The topological polar surface area (TPSA) is 52.8 Å². The quantitative estimate of drug-likeness (QED) is 0.641. The predicted octanol–water partition coefficient (Wildman–Crippen LogP) is 3.79. The molecule has 1 aromatic heterocycles. The Bertz CT molecular complexity index is 1050. The van der Waals surface area contributed by atoms with Crippen LogP contribution in [0.5, 0.6) is 11.5 Å². The van der Waals surface area contributed by atoms with Crippen LogP contribution in [0.2, 0.25) is 0 Å². The van der Waals surface area contributed by atoms with Crippen LogP contribution in [0.15, 0.2) is 54.0 Å². The molecule has 26 heavy (non-hydrogen) atoms. The van der Waals surface area contributed by atoms with Crippen LogP contribution in [0, 0.1) is 5.82 Å². The number of methoxy groups -OCH3 is 2. The van der Waals surface area contributed by atoms with Crippen molar-refractivity contribution in [2.24, 2.45) is 4.99 Å².